The summed E-state index contributed by atoms with van der Waals surface area (Å²) in [5, 5.41) is 7.99. The highest BCUT2D eigenvalue weighted by molar-refractivity contribution is 7.07. The van der Waals surface area contributed by atoms with Crippen LogP contribution < -0.4 is 10.1 Å². The molecule has 2 heterocycles. The van der Waals surface area contributed by atoms with Crippen LogP contribution in [0, 0.1) is 0 Å². The van der Waals surface area contributed by atoms with Gasteiger partial charge in [0.05, 0.1) is 6.61 Å². The Morgan fingerprint density at radius 2 is 2.00 bits per heavy atom. The molecule has 0 fully saturated rings. The van der Waals surface area contributed by atoms with E-state index in [4.69, 9.17) is 4.74 Å². The summed E-state index contributed by atoms with van der Waals surface area (Å²) in [7, 11) is 0. The monoisotopic (exact) mass is 273 g/mol. The average molecular weight is 273 g/mol. The Morgan fingerprint density at radius 3 is 2.79 bits per heavy atom. The Hall–Kier alpha value is -1.32. The minimum Gasteiger partial charge on any atom is -0.493 e. The van der Waals surface area contributed by atoms with E-state index in [2.05, 4.69) is 54.2 Å². The zero-order valence-electron chi connectivity index (χ0n) is 11.3. The van der Waals surface area contributed by atoms with Crippen LogP contribution in [0.15, 0.2) is 35.0 Å². The van der Waals surface area contributed by atoms with Gasteiger partial charge in [-0.2, -0.15) is 11.3 Å². The van der Waals surface area contributed by atoms with E-state index in [-0.39, 0.29) is 0 Å². The van der Waals surface area contributed by atoms with E-state index in [0.717, 1.165) is 18.8 Å². The summed E-state index contributed by atoms with van der Waals surface area (Å²) in [5.41, 5.74) is 4.04. The third-order valence-corrected chi connectivity index (χ3v) is 4.46. The second kappa shape index (κ2) is 5.35. The number of benzene rings is 1. The second-order valence-electron chi connectivity index (χ2n) is 5.13. The van der Waals surface area contributed by atoms with Crippen molar-refractivity contribution in [1.29, 1.82) is 0 Å². The summed E-state index contributed by atoms with van der Waals surface area (Å²) in [5.74, 6) is 1.06. The van der Waals surface area contributed by atoms with Gasteiger partial charge in [-0.3, -0.25) is 0 Å². The fourth-order valence-electron chi connectivity index (χ4n) is 2.56. The predicted molar refractivity (Wildman–Crippen MR) is 79.9 cm³/mol. The smallest absolute Gasteiger partial charge is 0.122 e. The van der Waals surface area contributed by atoms with Gasteiger partial charge >= 0.3 is 0 Å². The van der Waals surface area contributed by atoms with Gasteiger partial charge in [0.2, 0.25) is 0 Å². The first-order chi connectivity index (χ1) is 9.24. The number of hydrogen-bond acceptors (Lipinski definition) is 3. The molecule has 0 saturated carbocycles. The second-order valence-corrected chi connectivity index (χ2v) is 5.91. The zero-order chi connectivity index (χ0) is 13.2. The molecule has 100 valence electrons. The number of fused-ring (bicyclic) bond motifs is 1. The molecule has 0 radical (unpaired) electrons. The van der Waals surface area contributed by atoms with Crippen LogP contribution >= 0.6 is 11.3 Å². The summed E-state index contributed by atoms with van der Waals surface area (Å²) in [4.78, 5) is 0. The lowest BCUT2D eigenvalue weighted by atomic mass is 10.0. The van der Waals surface area contributed by atoms with E-state index in [1.54, 1.807) is 11.3 Å². The fraction of sp³-hybridized carbons (Fsp3) is 0.375. The first-order valence-corrected chi connectivity index (χ1v) is 7.72. The molecule has 3 rings (SSSR count). The maximum atomic E-state index is 5.55. The van der Waals surface area contributed by atoms with Crippen molar-refractivity contribution in [2.45, 2.75) is 32.4 Å². The Labute approximate surface area is 118 Å². The fourth-order valence-corrected chi connectivity index (χ4v) is 3.32. The molecule has 1 aromatic heterocycles. The standard InChI is InChI=1S/C16H19NOS/c1-11(17-12(2)15-6-8-19-10-15)13-3-4-16-14(9-13)5-7-18-16/h3-4,6,8-12,17H,5,7H2,1-2H3. The summed E-state index contributed by atoms with van der Waals surface area (Å²) < 4.78 is 5.55. The van der Waals surface area contributed by atoms with Gasteiger partial charge in [-0.25, -0.2) is 0 Å². The third kappa shape index (κ3) is 2.67. The largest absolute Gasteiger partial charge is 0.493 e. The number of ether oxygens (including phenoxy) is 1. The molecule has 0 bridgehead atoms. The number of nitrogens with one attached hydrogen (secondary N) is 1. The van der Waals surface area contributed by atoms with Crippen molar-refractivity contribution >= 4 is 11.3 Å². The van der Waals surface area contributed by atoms with Crippen LogP contribution in [0.3, 0.4) is 0 Å². The molecule has 2 nitrogen and oxygen atoms in total. The van der Waals surface area contributed by atoms with Crippen LogP contribution in [0.25, 0.3) is 0 Å². The van der Waals surface area contributed by atoms with Crippen LogP contribution in [0.1, 0.15) is 42.6 Å². The SMILES string of the molecule is CC(NC(C)c1ccc2c(c1)CCO2)c1ccsc1. The van der Waals surface area contributed by atoms with Gasteiger partial charge in [-0.05, 0) is 53.4 Å². The molecule has 3 heteroatoms. The quantitative estimate of drug-likeness (QED) is 0.905. The van der Waals surface area contributed by atoms with E-state index >= 15 is 0 Å². The molecule has 2 atom stereocenters. The zero-order valence-corrected chi connectivity index (χ0v) is 12.2. The first-order valence-electron chi connectivity index (χ1n) is 6.78. The van der Waals surface area contributed by atoms with Gasteiger partial charge in [0.15, 0.2) is 0 Å². The van der Waals surface area contributed by atoms with Gasteiger partial charge in [0.25, 0.3) is 0 Å². The Bertz CT molecular complexity index is 550. The highest BCUT2D eigenvalue weighted by Crippen LogP contribution is 2.29. The van der Waals surface area contributed by atoms with Crippen LogP contribution in [0.4, 0.5) is 0 Å². The Kier molecular flexibility index (Phi) is 3.58. The lowest BCUT2D eigenvalue weighted by molar-refractivity contribution is 0.356. The van der Waals surface area contributed by atoms with E-state index in [0.29, 0.717) is 12.1 Å². The Balaban J connectivity index is 1.72. The van der Waals surface area contributed by atoms with Crippen molar-refractivity contribution in [3.8, 4) is 5.75 Å². The van der Waals surface area contributed by atoms with Crippen molar-refractivity contribution in [1.82, 2.24) is 5.32 Å². The molecular formula is C16H19NOS. The summed E-state index contributed by atoms with van der Waals surface area (Å²) in [6, 6.07) is 9.46. The van der Waals surface area contributed by atoms with Crippen molar-refractivity contribution in [2.75, 3.05) is 6.61 Å². The molecular weight excluding hydrogens is 254 g/mol. The van der Waals surface area contributed by atoms with Crippen LogP contribution in [0.5, 0.6) is 5.75 Å². The molecule has 0 aliphatic carbocycles. The molecule has 1 aromatic carbocycles. The molecule has 19 heavy (non-hydrogen) atoms. The van der Waals surface area contributed by atoms with Gasteiger partial charge in [-0.1, -0.05) is 12.1 Å². The van der Waals surface area contributed by atoms with E-state index in [1.165, 1.54) is 16.7 Å². The normalized spacial score (nSPS) is 16.7. The van der Waals surface area contributed by atoms with Gasteiger partial charge < -0.3 is 10.1 Å². The number of thiophene rings is 1. The highest BCUT2D eigenvalue weighted by Gasteiger charge is 2.16. The maximum Gasteiger partial charge on any atom is 0.122 e. The molecule has 0 spiro atoms. The molecule has 1 aliphatic rings. The van der Waals surface area contributed by atoms with Crippen molar-refractivity contribution < 1.29 is 4.74 Å². The molecule has 0 amide bonds. The van der Waals surface area contributed by atoms with Gasteiger partial charge in [0.1, 0.15) is 5.75 Å². The summed E-state index contributed by atoms with van der Waals surface area (Å²) in [6.07, 6.45) is 1.04. The average Bonchev–Trinajstić information content (AvgIpc) is 3.09. The minimum absolute atomic E-state index is 0.348. The topological polar surface area (TPSA) is 21.3 Å². The van der Waals surface area contributed by atoms with E-state index < -0.39 is 0 Å². The maximum absolute atomic E-state index is 5.55. The van der Waals surface area contributed by atoms with Crippen molar-refractivity contribution in [3.63, 3.8) is 0 Å². The van der Waals surface area contributed by atoms with Crippen LogP contribution in [-0.4, -0.2) is 6.61 Å². The molecule has 2 aromatic rings. The van der Waals surface area contributed by atoms with Crippen molar-refractivity contribution in [2.24, 2.45) is 0 Å². The Morgan fingerprint density at radius 1 is 1.16 bits per heavy atom. The molecule has 1 N–H and O–H groups in total. The first kappa shape index (κ1) is 12.7. The predicted octanol–water partition coefficient (Wildman–Crippen LogP) is 4.09. The van der Waals surface area contributed by atoms with Crippen LogP contribution in [-0.2, 0) is 6.42 Å². The molecule has 0 saturated heterocycles. The number of rotatable bonds is 4. The highest BCUT2D eigenvalue weighted by atomic mass is 32.1. The minimum atomic E-state index is 0.348. The lowest BCUT2D eigenvalue weighted by Gasteiger charge is -2.20. The van der Waals surface area contributed by atoms with Crippen molar-refractivity contribution in [3.05, 3.63) is 51.7 Å². The van der Waals surface area contributed by atoms with E-state index in [9.17, 15) is 0 Å². The third-order valence-electron chi connectivity index (χ3n) is 3.76. The van der Waals surface area contributed by atoms with E-state index in [1.807, 2.05) is 0 Å². The number of hydrogen-bond donors (Lipinski definition) is 1. The molecule has 2 unspecified atom stereocenters. The van der Waals surface area contributed by atoms with Gasteiger partial charge in [0, 0.05) is 18.5 Å². The molecule has 1 aliphatic heterocycles. The van der Waals surface area contributed by atoms with Crippen LogP contribution in [0.2, 0.25) is 0 Å². The van der Waals surface area contributed by atoms with Gasteiger partial charge in [-0.15, -0.1) is 0 Å². The summed E-state index contributed by atoms with van der Waals surface area (Å²) in [6.45, 7) is 5.27. The lowest BCUT2D eigenvalue weighted by Crippen LogP contribution is -2.22. The summed E-state index contributed by atoms with van der Waals surface area (Å²) >= 11 is 1.75.